The number of hydrogen-bond acceptors (Lipinski definition) is 3. The first-order valence-corrected chi connectivity index (χ1v) is 9.06. The quantitative estimate of drug-likeness (QED) is 0.550. The summed E-state index contributed by atoms with van der Waals surface area (Å²) in [7, 11) is 0.422. The second kappa shape index (κ2) is 8.18. The lowest BCUT2D eigenvalue weighted by atomic mass is 10.0. The van der Waals surface area contributed by atoms with E-state index in [2.05, 4.69) is 0 Å². The zero-order chi connectivity index (χ0) is 18.6. The first-order chi connectivity index (χ1) is 11.8. The molecule has 0 bridgehead atoms. The van der Waals surface area contributed by atoms with Gasteiger partial charge in [-0.05, 0) is 51.0 Å². The van der Waals surface area contributed by atoms with Crippen LogP contribution < -0.4 is 0 Å². The van der Waals surface area contributed by atoms with Crippen LogP contribution in [0.2, 0.25) is 0 Å². The summed E-state index contributed by atoms with van der Waals surface area (Å²) in [6.07, 6.45) is -0.197. The zero-order valence-electron chi connectivity index (χ0n) is 15.2. The molecular weight excluding hydrogens is 342 g/mol. The van der Waals surface area contributed by atoms with Gasteiger partial charge >= 0.3 is 5.97 Å². The molecule has 2 aromatic carbocycles. The Hall–Kier alpha value is -1.60. The molecule has 2 rings (SSSR count). The van der Waals surface area contributed by atoms with Crippen molar-refractivity contribution >= 4 is 10.5 Å². The zero-order valence-corrected chi connectivity index (χ0v) is 17.2. The first-order valence-electron chi connectivity index (χ1n) is 8.24. The molecule has 0 aromatic heterocycles. The summed E-state index contributed by atoms with van der Waals surface area (Å²) >= 11 is 0. The van der Waals surface area contributed by atoms with Crippen LogP contribution in [0.3, 0.4) is 0 Å². The van der Waals surface area contributed by atoms with Gasteiger partial charge in [0, 0.05) is 5.56 Å². The van der Waals surface area contributed by atoms with Gasteiger partial charge < -0.3 is 13.9 Å². The molecule has 0 aliphatic rings. The summed E-state index contributed by atoms with van der Waals surface area (Å²) in [4.78, 5) is 0. The van der Waals surface area contributed by atoms with E-state index in [1.165, 1.54) is 6.07 Å². The summed E-state index contributed by atoms with van der Waals surface area (Å²) < 4.78 is 44.1. The molecule has 0 aliphatic heterocycles. The Bertz CT molecular complexity index is 692. The van der Waals surface area contributed by atoms with Gasteiger partial charge in [-0.3, -0.25) is 0 Å². The Morgan fingerprint density at radius 3 is 1.76 bits per heavy atom. The Labute approximate surface area is 150 Å². The maximum absolute atomic E-state index is 13.4. The molecule has 0 amide bonds. The molecule has 0 heterocycles. The molecule has 0 atom stereocenters. The van der Waals surface area contributed by atoms with Crippen molar-refractivity contribution < 1.29 is 22.7 Å². The lowest BCUT2D eigenvalue weighted by Crippen LogP contribution is -2.40. The standard InChI is InChI=1S/C19H24F2O3Si/c1-12(2)22-19(24-25,23-13(3)4)16-8-5-14(6-9-16)15-7-10-17(20)18(21)11-15/h5-13H,1-4,25H3. The highest BCUT2D eigenvalue weighted by Crippen LogP contribution is 2.33. The number of ether oxygens (including phenoxy) is 2. The molecule has 0 aliphatic carbocycles. The van der Waals surface area contributed by atoms with Gasteiger partial charge in [0.2, 0.25) is 0 Å². The molecule has 0 saturated carbocycles. The van der Waals surface area contributed by atoms with E-state index in [0.29, 0.717) is 16.0 Å². The van der Waals surface area contributed by atoms with Crippen LogP contribution >= 0.6 is 0 Å². The molecule has 0 fully saturated rings. The topological polar surface area (TPSA) is 27.7 Å². The molecule has 0 saturated heterocycles. The van der Waals surface area contributed by atoms with Crippen LogP contribution in [-0.2, 0) is 19.9 Å². The number of halogens is 2. The van der Waals surface area contributed by atoms with Crippen LogP contribution in [0.25, 0.3) is 11.1 Å². The van der Waals surface area contributed by atoms with E-state index in [0.717, 1.165) is 17.2 Å². The van der Waals surface area contributed by atoms with Crippen molar-refractivity contribution in [2.24, 2.45) is 0 Å². The summed E-state index contributed by atoms with van der Waals surface area (Å²) in [5.74, 6) is -2.99. The van der Waals surface area contributed by atoms with Crippen molar-refractivity contribution in [1.82, 2.24) is 0 Å². The summed E-state index contributed by atoms with van der Waals surface area (Å²) in [5, 5.41) is 0. The maximum Gasteiger partial charge on any atom is 0.302 e. The smallest absolute Gasteiger partial charge is 0.302 e. The van der Waals surface area contributed by atoms with Crippen molar-refractivity contribution in [2.75, 3.05) is 0 Å². The van der Waals surface area contributed by atoms with E-state index >= 15 is 0 Å². The monoisotopic (exact) mass is 366 g/mol. The lowest BCUT2D eigenvalue weighted by molar-refractivity contribution is -0.378. The van der Waals surface area contributed by atoms with E-state index in [1.54, 1.807) is 6.07 Å². The van der Waals surface area contributed by atoms with Crippen LogP contribution in [0.4, 0.5) is 8.78 Å². The first kappa shape index (κ1) is 19.7. The predicted molar refractivity (Wildman–Crippen MR) is 96.9 cm³/mol. The molecule has 0 spiro atoms. The lowest BCUT2D eigenvalue weighted by Gasteiger charge is -2.36. The fourth-order valence-corrected chi connectivity index (χ4v) is 2.97. The highest BCUT2D eigenvalue weighted by Gasteiger charge is 2.36. The molecule has 0 N–H and O–H groups in total. The maximum atomic E-state index is 13.4. The molecule has 6 heteroatoms. The highest BCUT2D eigenvalue weighted by molar-refractivity contribution is 5.98. The van der Waals surface area contributed by atoms with Gasteiger partial charge in [0.1, 0.15) is 0 Å². The fraction of sp³-hybridized carbons (Fsp3) is 0.368. The van der Waals surface area contributed by atoms with E-state index in [-0.39, 0.29) is 12.2 Å². The number of benzene rings is 2. The predicted octanol–water partition coefficient (Wildman–Crippen LogP) is 3.89. The van der Waals surface area contributed by atoms with Crippen LogP contribution in [0, 0.1) is 11.6 Å². The van der Waals surface area contributed by atoms with Crippen molar-refractivity contribution in [2.45, 2.75) is 45.9 Å². The van der Waals surface area contributed by atoms with Crippen LogP contribution in [-0.4, -0.2) is 22.7 Å². The Morgan fingerprint density at radius 2 is 1.32 bits per heavy atom. The van der Waals surface area contributed by atoms with Gasteiger partial charge in [-0.25, -0.2) is 8.78 Å². The van der Waals surface area contributed by atoms with Crippen molar-refractivity contribution in [3.63, 3.8) is 0 Å². The van der Waals surface area contributed by atoms with E-state index in [9.17, 15) is 8.78 Å². The summed E-state index contributed by atoms with van der Waals surface area (Å²) in [5.41, 5.74) is 2.08. The van der Waals surface area contributed by atoms with Gasteiger partial charge in [-0.2, -0.15) is 0 Å². The van der Waals surface area contributed by atoms with E-state index in [1.807, 2.05) is 52.0 Å². The number of rotatable bonds is 7. The van der Waals surface area contributed by atoms with Gasteiger partial charge in [0.15, 0.2) is 22.1 Å². The summed E-state index contributed by atoms with van der Waals surface area (Å²) in [6, 6.07) is 11.1. The van der Waals surface area contributed by atoms with Gasteiger partial charge in [0.05, 0.1) is 12.2 Å². The van der Waals surface area contributed by atoms with Crippen LogP contribution in [0.5, 0.6) is 0 Å². The minimum atomic E-state index is -1.26. The average molecular weight is 366 g/mol. The molecular formula is C19H24F2O3Si. The van der Waals surface area contributed by atoms with Gasteiger partial charge in [-0.1, -0.05) is 30.3 Å². The van der Waals surface area contributed by atoms with Crippen molar-refractivity contribution in [3.05, 3.63) is 59.7 Å². The van der Waals surface area contributed by atoms with E-state index in [4.69, 9.17) is 13.9 Å². The minimum absolute atomic E-state index is 0.0985. The largest absolute Gasteiger partial charge is 0.376 e. The SMILES string of the molecule is CC(C)OC(O[SiH3])(OC(C)C)c1ccc(-c2ccc(F)c(F)c2)cc1. The fourth-order valence-electron chi connectivity index (χ4n) is 2.54. The molecule has 2 aromatic rings. The second-order valence-corrected chi connectivity index (χ2v) is 6.71. The third kappa shape index (κ3) is 4.73. The Kier molecular flexibility index (Phi) is 6.45. The van der Waals surface area contributed by atoms with Crippen LogP contribution in [0.15, 0.2) is 42.5 Å². The molecule has 25 heavy (non-hydrogen) atoms. The third-order valence-corrected chi connectivity index (χ3v) is 4.08. The number of hydrogen-bond donors (Lipinski definition) is 0. The van der Waals surface area contributed by atoms with Crippen LogP contribution in [0.1, 0.15) is 33.3 Å². The minimum Gasteiger partial charge on any atom is -0.376 e. The highest BCUT2D eigenvalue weighted by atomic mass is 28.2. The van der Waals surface area contributed by atoms with Gasteiger partial charge in [-0.15, -0.1) is 0 Å². The van der Waals surface area contributed by atoms with Gasteiger partial charge in [0.25, 0.3) is 0 Å². The molecule has 136 valence electrons. The molecule has 0 radical (unpaired) electrons. The molecule has 0 unspecified atom stereocenters. The second-order valence-electron chi connectivity index (χ2n) is 6.30. The Balaban J connectivity index is 2.38. The average Bonchev–Trinajstić information content (AvgIpc) is 2.56. The summed E-state index contributed by atoms with van der Waals surface area (Å²) in [6.45, 7) is 7.65. The van der Waals surface area contributed by atoms with Crippen molar-refractivity contribution in [3.8, 4) is 11.1 Å². The third-order valence-electron chi connectivity index (χ3n) is 3.54. The normalized spacial score (nSPS) is 12.3. The van der Waals surface area contributed by atoms with E-state index < -0.39 is 17.6 Å². The van der Waals surface area contributed by atoms with Crippen molar-refractivity contribution in [1.29, 1.82) is 0 Å². The molecule has 3 nitrogen and oxygen atoms in total. The Morgan fingerprint density at radius 1 is 0.800 bits per heavy atom.